The number of nitrogens with zero attached hydrogens (tertiary/aromatic N) is 3. The SMILES string of the molecule is Cc1csc2nc(CN3CCC(C(=O)NCCCOC(C)C)CC3)cc(=O)n12. The molecule has 1 fully saturated rings. The van der Waals surface area contributed by atoms with Crippen LogP contribution in [0.3, 0.4) is 0 Å². The Hall–Kier alpha value is -1.77. The lowest BCUT2D eigenvalue weighted by Gasteiger charge is -2.31. The highest BCUT2D eigenvalue weighted by Gasteiger charge is 2.25. The topological polar surface area (TPSA) is 75.9 Å². The van der Waals surface area contributed by atoms with Crippen molar-refractivity contribution in [2.75, 3.05) is 26.2 Å². The minimum absolute atomic E-state index is 0.0190. The number of fused-ring (bicyclic) bond motifs is 1. The van der Waals surface area contributed by atoms with E-state index in [1.165, 1.54) is 11.3 Å². The molecule has 1 amide bonds. The van der Waals surface area contributed by atoms with Crippen LogP contribution in [0.5, 0.6) is 0 Å². The Kier molecular flexibility index (Phi) is 7.20. The van der Waals surface area contributed by atoms with Gasteiger partial charge < -0.3 is 10.1 Å². The highest BCUT2D eigenvalue weighted by Crippen LogP contribution is 2.19. The molecular formula is C20H30N4O3S. The molecule has 1 N–H and O–H groups in total. The minimum Gasteiger partial charge on any atom is -0.379 e. The maximum atomic E-state index is 12.3. The van der Waals surface area contributed by atoms with Gasteiger partial charge in [0.2, 0.25) is 5.91 Å². The molecule has 3 rings (SSSR count). The van der Waals surface area contributed by atoms with Gasteiger partial charge in [0.05, 0.1) is 11.8 Å². The Morgan fingerprint density at radius 2 is 2.14 bits per heavy atom. The third kappa shape index (κ3) is 5.40. The highest BCUT2D eigenvalue weighted by molar-refractivity contribution is 7.15. The summed E-state index contributed by atoms with van der Waals surface area (Å²) in [5.41, 5.74) is 1.71. The Bertz CT molecular complexity index is 853. The lowest BCUT2D eigenvalue weighted by atomic mass is 9.96. The maximum Gasteiger partial charge on any atom is 0.259 e. The molecule has 3 heterocycles. The van der Waals surface area contributed by atoms with Crippen molar-refractivity contribution in [2.24, 2.45) is 5.92 Å². The molecule has 0 saturated carbocycles. The number of ether oxygens (including phenoxy) is 1. The summed E-state index contributed by atoms with van der Waals surface area (Å²) in [6, 6.07) is 1.63. The number of aromatic nitrogens is 2. The summed E-state index contributed by atoms with van der Waals surface area (Å²) in [6.07, 6.45) is 2.76. The smallest absolute Gasteiger partial charge is 0.259 e. The fourth-order valence-corrected chi connectivity index (χ4v) is 4.40. The van der Waals surface area contributed by atoms with E-state index in [1.54, 1.807) is 10.5 Å². The van der Waals surface area contributed by atoms with Gasteiger partial charge in [-0.25, -0.2) is 4.98 Å². The van der Waals surface area contributed by atoms with E-state index in [4.69, 9.17) is 4.74 Å². The zero-order chi connectivity index (χ0) is 20.1. The van der Waals surface area contributed by atoms with Crippen LogP contribution in [-0.2, 0) is 16.1 Å². The van der Waals surface area contributed by atoms with Gasteiger partial charge in [-0.05, 0) is 53.1 Å². The predicted octanol–water partition coefficient (Wildman–Crippen LogP) is 2.21. The second-order valence-electron chi connectivity index (χ2n) is 7.70. The van der Waals surface area contributed by atoms with Crippen LogP contribution in [0.4, 0.5) is 0 Å². The van der Waals surface area contributed by atoms with E-state index in [0.29, 0.717) is 19.7 Å². The number of hydrogen-bond acceptors (Lipinski definition) is 6. The number of rotatable bonds is 8. The summed E-state index contributed by atoms with van der Waals surface area (Å²) in [4.78, 5) is 32.3. The second-order valence-corrected chi connectivity index (χ2v) is 8.53. The van der Waals surface area contributed by atoms with Crippen molar-refractivity contribution in [3.63, 3.8) is 0 Å². The van der Waals surface area contributed by atoms with Gasteiger partial charge in [-0.3, -0.25) is 18.9 Å². The van der Waals surface area contributed by atoms with Crippen molar-refractivity contribution >= 4 is 22.2 Å². The van der Waals surface area contributed by atoms with E-state index in [1.807, 2.05) is 26.2 Å². The van der Waals surface area contributed by atoms with E-state index < -0.39 is 0 Å². The van der Waals surface area contributed by atoms with Gasteiger partial charge in [0.15, 0.2) is 4.96 Å². The first kappa shape index (κ1) is 21.0. The van der Waals surface area contributed by atoms with Crippen molar-refractivity contribution in [1.82, 2.24) is 19.6 Å². The van der Waals surface area contributed by atoms with Crippen LogP contribution >= 0.6 is 11.3 Å². The molecule has 0 unspecified atom stereocenters. The predicted molar refractivity (Wildman–Crippen MR) is 111 cm³/mol. The highest BCUT2D eigenvalue weighted by atomic mass is 32.1. The number of likely N-dealkylation sites (tertiary alicyclic amines) is 1. The summed E-state index contributed by atoms with van der Waals surface area (Å²) >= 11 is 1.49. The van der Waals surface area contributed by atoms with Gasteiger partial charge in [0.25, 0.3) is 5.56 Å². The summed E-state index contributed by atoms with van der Waals surface area (Å²) in [5, 5.41) is 4.98. The third-order valence-electron chi connectivity index (χ3n) is 5.04. The normalized spacial score (nSPS) is 16.1. The maximum absolute atomic E-state index is 12.3. The molecule has 1 aliphatic rings. The average Bonchev–Trinajstić information content (AvgIpc) is 3.03. The summed E-state index contributed by atoms with van der Waals surface area (Å²) in [6.45, 7) is 9.63. The molecule has 0 spiro atoms. The molecule has 0 atom stereocenters. The zero-order valence-corrected chi connectivity index (χ0v) is 17.8. The fraction of sp³-hybridized carbons (Fsp3) is 0.650. The summed E-state index contributed by atoms with van der Waals surface area (Å²) in [5.74, 6) is 0.222. The second kappa shape index (κ2) is 9.62. The van der Waals surface area contributed by atoms with E-state index in [-0.39, 0.29) is 23.5 Å². The van der Waals surface area contributed by atoms with Gasteiger partial charge in [0.1, 0.15) is 0 Å². The molecule has 0 radical (unpaired) electrons. The van der Waals surface area contributed by atoms with Crippen molar-refractivity contribution in [2.45, 2.75) is 52.7 Å². The Balaban J connectivity index is 1.44. The molecular weight excluding hydrogens is 376 g/mol. The molecule has 154 valence electrons. The number of aryl methyl sites for hydroxylation is 1. The molecule has 2 aromatic rings. The number of thiazole rings is 1. The molecule has 1 saturated heterocycles. The van der Waals surface area contributed by atoms with Gasteiger partial charge in [-0.15, -0.1) is 11.3 Å². The van der Waals surface area contributed by atoms with Gasteiger partial charge >= 0.3 is 0 Å². The Morgan fingerprint density at radius 3 is 2.86 bits per heavy atom. The zero-order valence-electron chi connectivity index (χ0n) is 16.9. The first-order chi connectivity index (χ1) is 13.4. The molecule has 8 heteroatoms. The first-order valence-electron chi connectivity index (χ1n) is 10.0. The molecule has 0 aromatic carbocycles. The van der Waals surface area contributed by atoms with E-state index >= 15 is 0 Å². The van der Waals surface area contributed by atoms with E-state index in [0.717, 1.165) is 48.7 Å². The number of hydrogen-bond donors (Lipinski definition) is 1. The van der Waals surface area contributed by atoms with Crippen LogP contribution in [0.15, 0.2) is 16.2 Å². The number of nitrogens with one attached hydrogen (secondary N) is 1. The molecule has 2 aromatic heterocycles. The summed E-state index contributed by atoms with van der Waals surface area (Å²) in [7, 11) is 0. The van der Waals surface area contributed by atoms with Gasteiger partial charge in [-0.1, -0.05) is 0 Å². The quantitative estimate of drug-likeness (QED) is 0.680. The Morgan fingerprint density at radius 1 is 1.39 bits per heavy atom. The van der Waals surface area contributed by atoms with Crippen molar-refractivity contribution in [1.29, 1.82) is 0 Å². The molecule has 1 aliphatic heterocycles. The monoisotopic (exact) mass is 406 g/mol. The van der Waals surface area contributed by atoms with Crippen LogP contribution in [0.25, 0.3) is 4.96 Å². The van der Waals surface area contributed by atoms with E-state index in [2.05, 4.69) is 15.2 Å². The molecule has 28 heavy (non-hydrogen) atoms. The van der Waals surface area contributed by atoms with Crippen molar-refractivity contribution < 1.29 is 9.53 Å². The van der Waals surface area contributed by atoms with Crippen LogP contribution in [0.1, 0.15) is 44.5 Å². The van der Waals surface area contributed by atoms with E-state index in [9.17, 15) is 9.59 Å². The largest absolute Gasteiger partial charge is 0.379 e. The van der Waals surface area contributed by atoms with Gasteiger partial charge in [-0.2, -0.15) is 0 Å². The van der Waals surface area contributed by atoms with Crippen LogP contribution < -0.4 is 10.9 Å². The summed E-state index contributed by atoms with van der Waals surface area (Å²) < 4.78 is 7.14. The lowest BCUT2D eigenvalue weighted by Crippen LogP contribution is -2.40. The molecule has 7 nitrogen and oxygen atoms in total. The fourth-order valence-electron chi connectivity index (χ4n) is 3.51. The van der Waals surface area contributed by atoms with Crippen molar-refractivity contribution in [3.8, 4) is 0 Å². The van der Waals surface area contributed by atoms with Crippen molar-refractivity contribution in [3.05, 3.63) is 33.2 Å². The molecule has 0 bridgehead atoms. The number of amides is 1. The Labute approximate surface area is 169 Å². The lowest BCUT2D eigenvalue weighted by molar-refractivity contribution is -0.126. The molecule has 0 aliphatic carbocycles. The van der Waals surface area contributed by atoms with Crippen LogP contribution in [-0.4, -0.2) is 52.5 Å². The van der Waals surface area contributed by atoms with Gasteiger partial charge in [0, 0.05) is 42.8 Å². The van der Waals surface area contributed by atoms with Crippen LogP contribution in [0.2, 0.25) is 0 Å². The number of carbonyl (C=O) groups excluding carboxylic acids is 1. The average molecular weight is 407 g/mol. The number of piperidine rings is 1. The first-order valence-corrected chi connectivity index (χ1v) is 10.9. The number of carbonyl (C=O) groups is 1. The minimum atomic E-state index is -0.0190. The standard InChI is InChI=1S/C20H30N4O3S/c1-14(2)27-10-4-7-21-19(26)16-5-8-23(9-6-16)12-17-11-18(25)24-15(3)13-28-20(24)22-17/h11,13-14,16H,4-10,12H2,1-3H3,(H,21,26). The van der Waals surface area contributed by atoms with Crippen LogP contribution in [0, 0.1) is 12.8 Å². The third-order valence-corrected chi connectivity index (χ3v) is 5.99.